The third-order valence-electron chi connectivity index (χ3n) is 6.98. The summed E-state index contributed by atoms with van der Waals surface area (Å²) in [6.45, 7) is 3.77. The fourth-order valence-corrected chi connectivity index (χ4v) is 4.63. The van der Waals surface area contributed by atoms with E-state index in [4.69, 9.17) is 5.73 Å². The summed E-state index contributed by atoms with van der Waals surface area (Å²) in [4.78, 5) is 52.1. The average molecular weight is 605 g/mol. The summed E-state index contributed by atoms with van der Waals surface area (Å²) in [7, 11) is 0. The zero-order valence-electron chi connectivity index (χ0n) is 24.8. The molecule has 4 unspecified atom stereocenters. The molecule has 0 spiro atoms. The summed E-state index contributed by atoms with van der Waals surface area (Å²) in [5.74, 6) is -3.12. The number of benzene rings is 3. The van der Waals surface area contributed by atoms with Crippen molar-refractivity contribution in [2.24, 2.45) is 11.7 Å². The summed E-state index contributed by atoms with van der Waals surface area (Å²) >= 11 is 0. The van der Waals surface area contributed by atoms with Gasteiger partial charge in [-0.1, -0.05) is 68.4 Å². The molecule has 3 aromatic carbocycles. The van der Waals surface area contributed by atoms with Crippen molar-refractivity contribution in [3.05, 3.63) is 95.6 Å². The fraction of sp³-hybridized carbons (Fsp3) is 0.333. The van der Waals surface area contributed by atoms with Gasteiger partial charge in [0.15, 0.2) is 0 Å². The van der Waals surface area contributed by atoms with Gasteiger partial charge in [0.1, 0.15) is 29.6 Å². The second kappa shape index (κ2) is 16.1. The van der Waals surface area contributed by atoms with Gasteiger partial charge in [-0.05, 0) is 59.7 Å². The summed E-state index contributed by atoms with van der Waals surface area (Å²) in [6, 6.07) is 16.8. The molecule has 0 radical (unpaired) electrons. The highest BCUT2D eigenvalue weighted by molar-refractivity contribution is 5.94. The number of phenolic OH excluding ortho intramolecular Hbond substituents is 2. The maximum absolute atomic E-state index is 13.6. The number of rotatable bonds is 15. The molecule has 0 saturated carbocycles. The smallest absolute Gasteiger partial charge is 0.326 e. The summed E-state index contributed by atoms with van der Waals surface area (Å²) in [6.07, 6.45) is 0.458. The Balaban J connectivity index is 1.78. The number of aliphatic carboxylic acids is 1. The molecule has 11 nitrogen and oxygen atoms in total. The van der Waals surface area contributed by atoms with Crippen LogP contribution in [0.1, 0.15) is 37.0 Å². The molecule has 44 heavy (non-hydrogen) atoms. The third-order valence-corrected chi connectivity index (χ3v) is 6.98. The predicted molar refractivity (Wildman–Crippen MR) is 165 cm³/mol. The topological polar surface area (TPSA) is 191 Å². The van der Waals surface area contributed by atoms with Crippen LogP contribution in [-0.4, -0.2) is 63.2 Å². The van der Waals surface area contributed by atoms with Crippen molar-refractivity contribution in [1.29, 1.82) is 0 Å². The number of carboxylic acids is 1. The normalized spacial score (nSPS) is 13.7. The van der Waals surface area contributed by atoms with Crippen molar-refractivity contribution in [2.75, 3.05) is 0 Å². The molecule has 0 aliphatic carbocycles. The number of nitrogens with two attached hydrogens (primary N) is 1. The Labute approximate surface area is 256 Å². The van der Waals surface area contributed by atoms with Gasteiger partial charge >= 0.3 is 5.97 Å². The minimum Gasteiger partial charge on any atom is -0.508 e. The second-order valence-electron chi connectivity index (χ2n) is 11.2. The summed E-state index contributed by atoms with van der Waals surface area (Å²) in [5.41, 5.74) is 8.19. The average Bonchev–Trinajstić information content (AvgIpc) is 2.98. The molecular formula is C33H40N4O7. The molecule has 3 aromatic rings. The van der Waals surface area contributed by atoms with Crippen molar-refractivity contribution in [3.63, 3.8) is 0 Å². The van der Waals surface area contributed by atoms with E-state index in [-0.39, 0.29) is 43.1 Å². The minimum atomic E-state index is -1.33. The van der Waals surface area contributed by atoms with Gasteiger partial charge in [-0.3, -0.25) is 14.4 Å². The quantitative estimate of drug-likeness (QED) is 0.137. The molecule has 0 heterocycles. The number of phenols is 2. The van der Waals surface area contributed by atoms with Crippen LogP contribution in [-0.2, 0) is 38.4 Å². The van der Waals surface area contributed by atoms with E-state index in [1.165, 1.54) is 24.3 Å². The number of hydrogen-bond donors (Lipinski definition) is 7. The second-order valence-corrected chi connectivity index (χ2v) is 11.2. The molecule has 3 amide bonds. The Kier molecular flexibility index (Phi) is 12.3. The summed E-state index contributed by atoms with van der Waals surface area (Å²) in [5, 5.41) is 37.0. The zero-order valence-corrected chi connectivity index (χ0v) is 24.8. The van der Waals surface area contributed by atoms with E-state index in [9.17, 15) is 34.5 Å². The molecular weight excluding hydrogens is 564 g/mol. The van der Waals surface area contributed by atoms with E-state index in [0.29, 0.717) is 11.1 Å². The lowest BCUT2D eigenvalue weighted by Gasteiger charge is -2.26. The van der Waals surface area contributed by atoms with Gasteiger partial charge in [0.2, 0.25) is 17.7 Å². The highest BCUT2D eigenvalue weighted by Crippen LogP contribution is 2.14. The third kappa shape index (κ3) is 10.7. The standard InChI is InChI=1S/C33H40N4O7/c1-20(2)16-27(35-30(40)26(34)17-21-6-4-3-5-7-21)31(41)36-28(18-22-8-12-24(38)13-9-22)32(42)37-29(33(43)44)19-23-10-14-25(39)15-11-23/h3-15,20,26-29,38-39H,16-19,34H2,1-2H3,(H,35,40)(H,36,41)(H,37,42)(H,43,44). The van der Waals surface area contributed by atoms with E-state index in [1.54, 1.807) is 24.3 Å². The highest BCUT2D eigenvalue weighted by Gasteiger charge is 2.31. The monoisotopic (exact) mass is 604 g/mol. The first kappa shape index (κ1) is 33.6. The van der Waals surface area contributed by atoms with Gasteiger partial charge < -0.3 is 37.0 Å². The van der Waals surface area contributed by atoms with E-state index in [2.05, 4.69) is 16.0 Å². The van der Waals surface area contributed by atoms with E-state index in [0.717, 1.165) is 5.56 Å². The summed E-state index contributed by atoms with van der Waals surface area (Å²) < 4.78 is 0. The molecule has 4 atom stereocenters. The van der Waals surface area contributed by atoms with Crippen LogP contribution in [0.25, 0.3) is 0 Å². The minimum absolute atomic E-state index is 0.00229. The van der Waals surface area contributed by atoms with Crippen LogP contribution in [0.4, 0.5) is 0 Å². The molecule has 8 N–H and O–H groups in total. The Morgan fingerprint density at radius 2 is 1.05 bits per heavy atom. The van der Waals surface area contributed by atoms with Gasteiger partial charge in [-0.2, -0.15) is 0 Å². The first-order valence-corrected chi connectivity index (χ1v) is 14.4. The van der Waals surface area contributed by atoms with Crippen molar-refractivity contribution in [2.45, 2.75) is 63.7 Å². The Hall–Kier alpha value is -4.90. The van der Waals surface area contributed by atoms with Crippen LogP contribution < -0.4 is 21.7 Å². The Morgan fingerprint density at radius 1 is 0.614 bits per heavy atom. The zero-order chi connectivity index (χ0) is 32.2. The van der Waals surface area contributed by atoms with Crippen molar-refractivity contribution in [3.8, 4) is 11.5 Å². The van der Waals surface area contributed by atoms with Gasteiger partial charge in [-0.25, -0.2) is 4.79 Å². The number of carbonyl (C=O) groups is 4. The first-order valence-electron chi connectivity index (χ1n) is 14.4. The lowest BCUT2D eigenvalue weighted by atomic mass is 9.99. The molecule has 0 aliphatic heterocycles. The number of nitrogens with one attached hydrogen (secondary N) is 3. The Morgan fingerprint density at radius 3 is 1.55 bits per heavy atom. The first-order chi connectivity index (χ1) is 20.9. The predicted octanol–water partition coefficient (Wildman–Crippen LogP) is 2.04. The maximum Gasteiger partial charge on any atom is 0.326 e. The van der Waals surface area contributed by atoms with Gasteiger partial charge in [0.05, 0.1) is 6.04 Å². The molecule has 11 heteroatoms. The largest absolute Gasteiger partial charge is 0.508 e. The van der Waals surface area contributed by atoms with Crippen molar-refractivity contribution in [1.82, 2.24) is 16.0 Å². The van der Waals surface area contributed by atoms with Crippen LogP contribution >= 0.6 is 0 Å². The molecule has 3 rings (SSSR count). The lowest BCUT2D eigenvalue weighted by Crippen LogP contribution is -2.58. The van der Waals surface area contributed by atoms with Crippen molar-refractivity contribution < 1.29 is 34.5 Å². The number of carbonyl (C=O) groups excluding carboxylic acids is 3. The van der Waals surface area contributed by atoms with Gasteiger partial charge in [-0.15, -0.1) is 0 Å². The van der Waals surface area contributed by atoms with E-state index >= 15 is 0 Å². The number of hydrogen-bond acceptors (Lipinski definition) is 7. The van der Waals surface area contributed by atoms with E-state index < -0.39 is 47.9 Å². The van der Waals surface area contributed by atoms with Gasteiger partial charge in [0.25, 0.3) is 0 Å². The molecule has 0 aromatic heterocycles. The van der Waals surface area contributed by atoms with Crippen LogP contribution in [0.2, 0.25) is 0 Å². The SMILES string of the molecule is CC(C)CC(NC(=O)C(N)Cc1ccccc1)C(=O)NC(Cc1ccc(O)cc1)C(=O)NC(Cc1ccc(O)cc1)C(=O)O. The fourth-order valence-electron chi connectivity index (χ4n) is 4.63. The van der Waals surface area contributed by atoms with Crippen LogP contribution in [0.5, 0.6) is 11.5 Å². The molecule has 0 aliphatic rings. The van der Waals surface area contributed by atoms with Gasteiger partial charge in [0, 0.05) is 12.8 Å². The van der Waals surface area contributed by atoms with E-state index in [1.807, 2.05) is 44.2 Å². The van der Waals surface area contributed by atoms with Crippen molar-refractivity contribution >= 4 is 23.7 Å². The number of carboxylic acid groups (broad SMARTS) is 1. The molecule has 0 fully saturated rings. The van der Waals surface area contributed by atoms with Crippen LogP contribution in [0, 0.1) is 5.92 Å². The molecule has 0 saturated heterocycles. The highest BCUT2D eigenvalue weighted by atomic mass is 16.4. The van der Waals surface area contributed by atoms with Crippen LogP contribution in [0.15, 0.2) is 78.9 Å². The molecule has 0 bridgehead atoms. The number of aromatic hydroxyl groups is 2. The molecule has 234 valence electrons. The maximum atomic E-state index is 13.6. The van der Waals surface area contributed by atoms with Crippen LogP contribution in [0.3, 0.4) is 0 Å². The lowest BCUT2D eigenvalue weighted by molar-refractivity contribution is -0.142. The Bertz CT molecular complexity index is 1400. The number of amides is 3.